The molecule has 82 valence electrons. The predicted molar refractivity (Wildman–Crippen MR) is 58.6 cm³/mol. The summed E-state index contributed by atoms with van der Waals surface area (Å²) in [5, 5.41) is 4.17. The third kappa shape index (κ3) is 2.37. The fourth-order valence-corrected chi connectivity index (χ4v) is 2.15. The van der Waals surface area contributed by atoms with E-state index in [0.29, 0.717) is 6.54 Å². The van der Waals surface area contributed by atoms with E-state index in [1.54, 1.807) is 11.0 Å². The van der Waals surface area contributed by atoms with Gasteiger partial charge in [0.1, 0.15) is 6.33 Å². The number of hydrogen-bond donors (Lipinski definition) is 0. The number of alkyl halides is 1. The minimum absolute atomic E-state index is 0.00851. The molecule has 0 spiro atoms. The van der Waals surface area contributed by atoms with Crippen molar-refractivity contribution in [3.63, 3.8) is 0 Å². The van der Waals surface area contributed by atoms with Crippen molar-refractivity contribution in [3.8, 4) is 0 Å². The normalized spacial score (nSPS) is 21.3. The number of rotatable bonds is 3. The second-order valence-electron chi connectivity index (χ2n) is 3.67. The molecule has 1 unspecified atom stereocenters. The fourth-order valence-electron chi connectivity index (χ4n) is 1.66. The molecule has 1 fully saturated rings. The summed E-state index contributed by atoms with van der Waals surface area (Å²) in [5.41, 5.74) is 0. The van der Waals surface area contributed by atoms with Crippen molar-refractivity contribution in [2.24, 2.45) is 7.05 Å². The average Bonchev–Trinajstić information content (AvgIpc) is 2.74. The zero-order valence-corrected chi connectivity index (χ0v) is 10.1. The van der Waals surface area contributed by atoms with Crippen molar-refractivity contribution >= 4 is 21.8 Å². The molecule has 1 aliphatic rings. The lowest BCUT2D eigenvalue weighted by molar-refractivity contribution is -0.127. The molecule has 0 aliphatic carbocycles. The molecule has 0 radical (unpaired) electrons. The lowest BCUT2D eigenvalue weighted by Gasteiger charge is -2.14. The first-order valence-electron chi connectivity index (χ1n) is 4.94. The van der Waals surface area contributed by atoms with Crippen LogP contribution >= 0.6 is 15.9 Å². The largest absolute Gasteiger partial charge is 0.341 e. The highest BCUT2D eigenvalue weighted by atomic mass is 79.9. The van der Waals surface area contributed by atoms with E-state index in [4.69, 9.17) is 0 Å². The number of halogens is 1. The molecular weight excluding hydrogens is 260 g/mol. The summed E-state index contributed by atoms with van der Waals surface area (Å²) >= 11 is 3.35. The molecule has 1 atom stereocenters. The molecular formula is C9H13BrN4O. The van der Waals surface area contributed by atoms with Gasteiger partial charge in [-0.05, 0) is 6.42 Å². The van der Waals surface area contributed by atoms with E-state index in [0.717, 1.165) is 25.2 Å². The van der Waals surface area contributed by atoms with Crippen LogP contribution < -0.4 is 0 Å². The van der Waals surface area contributed by atoms with Gasteiger partial charge in [-0.15, -0.1) is 0 Å². The van der Waals surface area contributed by atoms with E-state index in [-0.39, 0.29) is 10.7 Å². The van der Waals surface area contributed by atoms with Crippen molar-refractivity contribution in [1.29, 1.82) is 0 Å². The van der Waals surface area contributed by atoms with Crippen molar-refractivity contribution in [2.75, 3.05) is 13.1 Å². The second-order valence-corrected chi connectivity index (χ2v) is 4.77. The maximum Gasteiger partial charge on any atom is 0.236 e. The quantitative estimate of drug-likeness (QED) is 0.747. The topological polar surface area (TPSA) is 51.0 Å². The Morgan fingerprint density at radius 2 is 2.47 bits per heavy atom. The van der Waals surface area contributed by atoms with Crippen LogP contribution in [0.3, 0.4) is 0 Å². The zero-order valence-electron chi connectivity index (χ0n) is 8.56. The first-order chi connectivity index (χ1) is 7.16. The van der Waals surface area contributed by atoms with Crippen molar-refractivity contribution < 1.29 is 4.79 Å². The van der Waals surface area contributed by atoms with Crippen LogP contribution in [-0.4, -0.2) is 43.5 Å². The van der Waals surface area contributed by atoms with Crippen LogP contribution in [-0.2, 0) is 18.3 Å². The molecule has 2 heterocycles. The summed E-state index contributed by atoms with van der Waals surface area (Å²) < 4.78 is 1.68. The van der Waals surface area contributed by atoms with Crippen molar-refractivity contribution in [2.45, 2.75) is 17.7 Å². The molecule has 1 saturated heterocycles. The predicted octanol–water partition coefficient (Wildman–Crippen LogP) is 0.353. The van der Waals surface area contributed by atoms with Gasteiger partial charge in [0.05, 0.1) is 4.83 Å². The summed E-state index contributed by atoms with van der Waals surface area (Å²) in [7, 11) is 1.84. The van der Waals surface area contributed by atoms with E-state index in [9.17, 15) is 4.79 Å². The molecule has 1 aliphatic heterocycles. The summed E-state index contributed by atoms with van der Waals surface area (Å²) in [5.74, 6) is 0.981. The van der Waals surface area contributed by atoms with Gasteiger partial charge in [-0.3, -0.25) is 9.48 Å². The highest BCUT2D eigenvalue weighted by Crippen LogP contribution is 2.18. The number of carbonyl (C=O) groups is 1. The number of hydrogen-bond acceptors (Lipinski definition) is 3. The molecule has 5 nitrogen and oxygen atoms in total. The number of nitrogens with zero attached hydrogens (tertiary/aromatic N) is 4. The summed E-state index contributed by atoms with van der Waals surface area (Å²) in [6.45, 7) is 1.55. The van der Waals surface area contributed by atoms with Gasteiger partial charge in [-0.1, -0.05) is 15.9 Å². The Morgan fingerprint density at radius 1 is 1.67 bits per heavy atom. The Hall–Kier alpha value is -0.910. The smallest absolute Gasteiger partial charge is 0.236 e. The third-order valence-electron chi connectivity index (χ3n) is 2.48. The molecule has 0 bridgehead atoms. The Kier molecular flexibility index (Phi) is 3.04. The van der Waals surface area contributed by atoms with Crippen LogP contribution in [0.4, 0.5) is 0 Å². The van der Waals surface area contributed by atoms with Crippen LogP contribution in [0.25, 0.3) is 0 Å². The van der Waals surface area contributed by atoms with E-state index in [1.807, 2.05) is 11.9 Å². The maximum absolute atomic E-state index is 11.6. The lowest BCUT2D eigenvalue weighted by atomic mass is 10.4. The molecule has 15 heavy (non-hydrogen) atoms. The molecule has 1 aromatic rings. The van der Waals surface area contributed by atoms with Gasteiger partial charge in [-0.2, -0.15) is 5.10 Å². The van der Waals surface area contributed by atoms with Crippen LogP contribution in [0.2, 0.25) is 0 Å². The monoisotopic (exact) mass is 272 g/mol. The minimum atomic E-state index is 0.00851. The minimum Gasteiger partial charge on any atom is -0.341 e. The summed E-state index contributed by atoms with van der Waals surface area (Å²) in [6, 6.07) is 0. The SMILES string of the molecule is Cn1cnc(CCN2CCC(Br)C2=O)n1. The molecule has 1 amide bonds. The maximum atomic E-state index is 11.6. The first-order valence-corrected chi connectivity index (χ1v) is 5.86. The molecule has 0 saturated carbocycles. The zero-order chi connectivity index (χ0) is 10.8. The molecule has 6 heteroatoms. The molecule has 0 aromatic carbocycles. The van der Waals surface area contributed by atoms with Gasteiger partial charge in [0.2, 0.25) is 5.91 Å². The van der Waals surface area contributed by atoms with E-state index in [2.05, 4.69) is 26.0 Å². The number of likely N-dealkylation sites (tertiary alicyclic amines) is 1. The van der Waals surface area contributed by atoms with Crippen LogP contribution in [0, 0.1) is 0 Å². The number of aromatic nitrogens is 3. The van der Waals surface area contributed by atoms with Gasteiger partial charge in [-0.25, -0.2) is 4.98 Å². The lowest BCUT2D eigenvalue weighted by Crippen LogP contribution is -2.29. The summed E-state index contributed by atoms with van der Waals surface area (Å²) in [4.78, 5) is 17.6. The number of aryl methyl sites for hydroxylation is 1. The summed E-state index contributed by atoms with van der Waals surface area (Å²) in [6.07, 6.45) is 3.30. The van der Waals surface area contributed by atoms with Gasteiger partial charge in [0.25, 0.3) is 0 Å². The Bertz CT molecular complexity index is 365. The Balaban J connectivity index is 1.86. The highest BCUT2D eigenvalue weighted by Gasteiger charge is 2.28. The van der Waals surface area contributed by atoms with Gasteiger partial charge in [0.15, 0.2) is 5.82 Å². The van der Waals surface area contributed by atoms with Gasteiger partial charge in [0, 0.05) is 26.6 Å². The van der Waals surface area contributed by atoms with E-state index in [1.165, 1.54) is 0 Å². The van der Waals surface area contributed by atoms with Crippen molar-refractivity contribution in [3.05, 3.63) is 12.2 Å². The first kappa shape index (κ1) is 10.6. The molecule has 1 aromatic heterocycles. The third-order valence-corrected chi connectivity index (χ3v) is 3.33. The second kappa shape index (κ2) is 4.30. The van der Waals surface area contributed by atoms with Crippen LogP contribution in [0.15, 0.2) is 6.33 Å². The number of carbonyl (C=O) groups excluding carboxylic acids is 1. The van der Waals surface area contributed by atoms with Crippen LogP contribution in [0.1, 0.15) is 12.2 Å². The average molecular weight is 273 g/mol. The molecule has 2 rings (SSSR count). The molecule has 0 N–H and O–H groups in total. The fraction of sp³-hybridized carbons (Fsp3) is 0.667. The van der Waals surface area contributed by atoms with Crippen molar-refractivity contribution in [1.82, 2.24) is 19.7 Å². The number of amides is 1. The highest BCUT2D eigenvalue weighted by molar-refractivity contribution is 9.10. The van der Waals surface area contributed by atoms with Gasteiger partial charge >= 0.3 is 0 Å². The Morgan fingerprint density at radius 3 is 3.00 bits per heavy atom. The standard InChI is InChI=1S/C9H13BrN4O/c1-13-6-11-8(12-13)3-5-14-4-2-7(10)9(14)15/h6-7H,2-5H2,1H3. The van der Waals surface area contributed by atoms with Crippen LogP contribution in [0.5, 0.6) is 0 Å². The van der Waals surface area contributed by atoms with E-state index < -0.39 is 0 Å². The van der Waals surface area contributed by atoms with Gasteiger partial charge < -0.3 is 4.90 Å². The van der Waals surface area contributed by atoms with E-state index >= 15 is 0 Å². The Labute approximate surface area is 96.6 Å².